The van der Waals surface area contributed by atoms with Crippen LogP contribution in [0.2, 0.25) is 0 Å². The van der Waals surface area contributed by atoms with E-state index in [1.807, 2.05) is 6.92 Å². The number of methoxy groups -OCH3 is 2. The fourth-order valence-electron chi connectivity index (χ4n) is 5.64. The molecule has 2 aliphatic carbocycles. The summed E-state index contributed by atoms with van der Waals surface area (Å²) in [7, 11) is 3.03. The van der Waals surface area contributed by atoms with Crippen molar-refractivity contribution in [3.63, 3.8) is 0 Å². The highest BCUT2D eigenvalue weighted by molar-refractivity contribution is 6.09. The predicted molar refractivity (Wildman–Crippen MR) is 114 cm³/mol. The van der Waals surface area contributed by atoms with E-state index in [1.165, 1.54) is 33.5 Å². The summed E-state index contributed by atoms with van der Waals surface area (Å²) in [6.45, 7) is 3.37. The van der Waals surface area contributed by atoms with E-state index < -0.39 is 17.5 Å². The standard InChI is InChI=1S/C23H31N3O5/c1-13(17-10-14-5-6-15(17)9-14)24-20(27)12-26-21(28)23(2,25-22(26)29)16-7-8-18(30-3)19(11-16)31-4/h7-8,11,13-15,17H,5-6,9-10,12H2,1-4H3,(H,24,27)(H,25,29)/t13-,14+,15+,17+,23+/m1/s1. The summed E-state index contributed by atoms with van der Waals surface area (Å²) in [4.78, 5) is 39.4. The Morgan fingerprint density at radius 3 is 2.58 bits per heavy atom. The van der Waals surface area contributed by atoms with Crippen LogP contribution >= 0.6 is 0 Å². The summed E-state index contributed by atoms with van der Waals surface area (Å²) < 4.78 is 10.6. The summed E-state index contributed by atoms with van der Waals surface area (Å²) in [5.74, 6) is 2.18. The number of urea groups is 1. The van der Waals surface area contributed by atoms with Crippen LogP contribution in [0, 0.1) is 17.8 Å². The van der Waals surface area contributed by atoms with Gasteiger partial charge in [0.2, 0.25) is 5.91 Å². The predicted octanol–water partition coefficient (Wildman–Crippen LogP) is 2.41. The number of nitrogens with zero attached hydrogens (tertiary/aromatic N) is 1. The van der Waals surface area contributed by atoms with Crippen molar-refractivity contribution in [2.24, 2.45) is 17.8 Å². The maximum Gasteiger partial charge on any atom is 0.325 e. The maximum atomic E-state index is 13.2. The summed E-state index contributed by atoms with van der Waals surface area (Å²) in [5, 5.41) is 5.76. The first-order chi connectivity index (χ1) is 14.8. The lowest BCUT2D eigenvalue weighted by Gasteiger charge is -2.29. The molecule has 8 nitrogen and oxygen atoms in total. The SMILES string of the molecule is COc1ccc([C@]2(C)NC(=O)N(CC(=O)N[C@H](C)[C@@H]3C[C@H]4CC[C@H]3C4)C2=O)cc1OC. The van der Waals surface area contributed by atoms with Gasteiger partial charge in [0.25, 0.3) is 5.91 Å². The van der Waals surface area contributed by atoms with Gasteiger partial charge in [-0.2, -0.15) is 0 Å². The van der Waals surface area contributed by atoms with Crippen molar-refractivity contribution in [1.29, 1.82) is 0 Å². The van der Waals surface area contributed by atoms with E-state index in [4.69, 9.17) is 9.47 Å². The summed E-state index contributed by atoms with van der Waals surface area (Å²) in [6.07, 6.45) is 4.97. The van der Waals surface area contributed by atoms with Crippen LogP contribution in [0.1, 0.15) is 45.1 Å². The molecule has 31 heavy (non-hydrogen) atoms. The quantitative estimate of drug-likeness (QED) is 0.649. The second-order valence-electron chi connectivity index (χ2n) is 9.21. The smallest absolute Gasteiger partial charge is 0.325 e. The van der Waals surface area contributed by atoms with Crippen LogP contribution in [-0.2, 0) is 15.1 Å². The largest absolute Gasteiger partial charge is 0.493 e. The number of imide groups is 1. The number of benzene rings is 1. The van der Waals surface area contributed by atoms with Gasteiger partial charge in [0.05, 0.1) is 14.2 Å². The average molecular weight is 430 g/mol. The van der Waals surface area contributed by atoms with E-state index in [0.717, 1.165) is 17.2 Å². The minimum absolute atomic E-state index is 0.0424. The molecule has 2 saturated carbocycles. The van der Waals surface area contributed by atoms with E-state index in [0.29, 0.717) is 28.9 Å². The molecule has 4 amide bonds. The van der Waals surface area contributed by atoms with Gasteiger partial charge in [-0.25, -0.2) is 4.79 Å². The third-order valence-corrected chi connectivity index (χ3v) is 7.36. The number of carbonyl (C=O) groups excluding carboxylic acids is 3. The molecule has 1 saturated heterocycles. The number of nitrogens with one attached hydrogen (secondary N) is 2. The fourth-order valence-corrected chi connectivity index (χ4v) is 5.64. The first-order valence-electron chi connectivity index (χ1n) is 10.9. The van der Waals surface area contributed by atoms with Crippen molar-refractivity contribution in [1.82, 2.24) is 15.5 Å². The van der Waals surface area contributed by atoms with Crippen molar-refractivity contribution in [2.45, 2.75) is 51.1 Å². The molecule has 0 spiro atoms. The van der Waals surface area contributed by atoms with Crippen LogP contribution in [0.25, 0.3) is 0 Å². The number of amides is 4. The molecule has 3 aliphatic rings. The first-order valence-corrected chi connectivity index (χ1v) is 10.9. The van der Waals surface area contributed by atoms with Gasteiger partial charge in [-0.3, -0.25) is 14.5 Å². The minimum Gasteiger partial charge on any atom is -0.493 e. The van der Waals surface area contributed by atoms with Gasteiger partial charge in [-0.1, -0.05) is 12.5 Å². The minimum atomic E-state index is -1.28. The first kappa shape index (κ1) is 21.5. The Balaban J connectivity index is 1.43. The second-order valence-corrected chi connectivity index (χ2v) is 9.21. The number of hydrogen-bond donors (Lipinski definition) is 2. The second kappa shape index (κ2) is 8.05. The van der Waals surface area contributed by atoms with Crippen molar-refractivity contribution >= 4 is 17.8 Å². The van der Waals surface area contributed by atoms with Crippen LogP contribution in [-0.4, -0.2) is 49.6 Å². The molecule has 1 aromatic rings. The van der Waals surface area contributed by atoms with Crippen LogP contribution < -0.4 is 20.1 Å². The Kier molecular flexibility index (Phi) is 5.58. The molecule has 0 unspecified atom stereocenters. The van der Waals surface area contributed by atoms with E-state index in [-0.39, 0.29) is 18.5 Å². The lowest BCUT2D eigenvalue weighted by atomic mass is 9.84. The van der Waals surface area contributed by atoms with Gasteiger partial charge in [0.15, 0.2) is 11.5 Å². The number of rotatable bonds is 7. The molecule has 0 radical (unpaired) electrons. The Bertz CT molecular complexity index is 903. The Labute approximate surface area is 182 Å². The molecule has 168 valence electrons. The zero-order valence-electron chi connectivity index (χ0n) is 18.6. The lowest BCUT2D eigenvalue weighted by Crippen LogP contribution is -2.47. The Morgan fingerprint density at radius 1 is 1.23 bits per heavy atom. The number of carbonyl (C=O) groups is 3. The van der Waals surface area contributed by atoms with E-state index in [1.54, 1.807) is 25.1 Å². The van der Waals surface area contributed by atoms with Gasteiger partial charge >= 0.3 is 6.03 Å². The molecule has 2 N–H and O–H groups in total. The van der Waals surface area contributed by atoms with Gasteiger partial charge in [-0.05, 0) is 68.6 Å². The summed E-state index contributed by atoms with van der Waals surface area (Å²) in [6, 6.07) is 4.52. The highest BCUT2D eigenvalue weighted by Gasteiger charge is 2.50. The van der Waals surface area contributed by atoms with E-state index >= 15 is 0 Å². The van der Waals surface area contributed by atoms with Crippen molar-refractivity contribution in [2.75, 3.05) is 20.8 Å². The molecule has 5 atom stereocenters. The molecule has 2 bridgehead atoms. The normalized spacial score (nSPS) is 30.3. The maximum absolute atomic E-state index is 13.2. The molecule has 8 heteroatoms. The third-order valence-electron chi connectivity index (χ3n) is 7.36. The van der Waals surface area contributed by atoms with Crippen LogP contribution in [0.4, 0.5) is 4.79 Å². The third kappa shape index (κ3) is 3.72. The molecular weight excluding hydrogens is 398 g/mol. The summed E-state index contributed by atoms with van der Waals surface area (Å²) in [5.41, 5.74) is -0.727. The molecular formula is C23H31N3O5. The fraction of sp³-hybridized carbons (Fsp3) is 0.609. The Morgan fingerprint density at radius 2 is 1.97 bits per heavy atom. The molecule has 4 rings (SSSR count). The highest BCUT2D eigenvalue weighted by atomic mass is 16.5. The zero-order valence-corrected chi connectivity index (χ0v) is 18.6. The van der Waals surface area contributed by atoms with Crippen molar-refractivity contribution in [3.8, 4) is 11.5 Å². The van der Waals surface area contributed by atoms with E-state index in [2.05, 4.69) is 10.6 Å². The molecule has 3 fully saturated rings. The molecule has 0 aromatic heterocycles. The lowest BCUT2D eigenvalue weighted by molar-refractivity contribution is -0.135. The Hall–Kier alpha value is -2.77. The average Bonchev–Trinajstić information content (AvgIpc) is 3.44. The monoisotopic (exact) mass is 429 g/mol. The zero-order chi connectivity index (χ0) is 22.3. The van der Waals surface area contributed by atoms with Crippen molar-refractivity contribution < 1.29 is 23.9 Å². The van der Waals surface area contributed by atoms with Crippen molar-refractivity contribution in [3.05, 3.63) is 23.8 Å². The highest BCUT2D eigenvalue weighted by Crippen LogP contribution is 2.49. The number of hydrogen-bond acceptors (Lipinski definition) is 5. The number of fused-ring (bicyclic) bond motifs is 2. The topological polar surface area (TPSA) is 97.0 Å². The van der Waals surface area contributed by atoms with Gasteiger partial charge in [0, 0.05) is 6.04 Å². The number of ether oxygens (including phenoxy) is 2. The van der Waals surface area contributed by atoms with Crippen LogP contribution in [0.3, 0.4) is 0 Å². The van der Waals surface area contributed by atoms with Crippen LogP contribution in [0.15, 0.2) is 18.2 Å². The molecule has 1 aromatic carbocycles. The van der Waals surface area contributed by atoms with Crippen LogP contribution in [0.5, 0.6) is 11.5 Å². The molecule has 1 heterocycles. The van der Waals surface area contributed by atoms with Gasteiger partial charge in [0.1, 0.15) is 12.1 Å². The van der Waals surface area contributed by atoms with E-state index in [9.17, 15) is 14.4 Å². The van der Waals surface area contributed by atoms with Gasteiger partial charge in [-0.15, -0.1) is 0 Å². The molecule has 1 aliphatic heterocycles. The summed E-state index contributed by atoms with van der Waals surface area (Å²) >= 11 is 0. The van der Waals surface area contributed by atoms with Gasteiger partial charge < -0.3 is 20.1 Å².